The smallest absolute Gasteiger partial charge is 0.134 e. The molecule has 1 N–H and O–H groups in total. The Morgan fingerprint density at radius 3 is 2.81 bits per heavy atom. The lowest BCUT2D eigenvalue weighted by Gasteiger charge is -2.11. The Bertz CT molecular complexity index is 375. The van der Waals surface area contributed by atoms with Crippen LogP contribution in [0, 0.1) is 5.41 Å². The Balaban J connectivity index is 2.01. The summed E-state index contributed by atoms with van der Waals surface area (Å²) in [6.07, 6.45) is 4.53. The summed E-state index contributed by atoms with van der Waals surface area (Å²) in [6, 6.07) is 1.80. The second-order valence-electron chi connectivity index (χ2n) is 4.91. The van der Waals surface area contributed by atoms with Gasteiger partial charge in [0.05, 0.1) is 0 Å². The van der Waals surface area contributed by atoms with Crippen LogP contribution in [-0.4, -0.2) is 16.5 Å². The monoisotopic (exact) mass is 239 g/mol. The Morgan fingerprint density at radius 2 is 2.19 bits per heavy atom. The highest BCUT2D eigenvalue weighted by Crippen LogP contribution is 2.44. The number of hydrogen-bond acceptors (Lipinski definition) is 3. The van der Waals surface area contributed by atoms with Crippen LogP contribution in [0.5, 0.6) is 0 Å². The van der Waals surface area contributed by atoms with E-state index >= 15 is 0 Å². The van der Waals surface area contributed by atoms with Crippen LogP contribution in [0.4, 0.5) is 5.82 Å². The van der Waals surface area contributed by atoms with E-state index in [4.69, 9.17) is 11.6 Å². The molecule has 88 valence electrons. The molecule has 0 saturated heterocycles. The molecule has 0 bridgehead atoms. The van der Waals surface area contributed by atoms with Crippen molar-refractivity contribution in [2.75, 3.05) is 11.9 Å². The van der Waals surface area contributed by atoms with Gasteiger partial charge in [0.1, 0.15) is 16.8 Å². The second-order valence-corrected chi connectivity index (χ2v) is 5.29. The number of hydrogen-bond donors (Lipinski definition) is 1. The van der Waals surface area contributed by atoms with Crippen molar-refractivity contribution in [3.8, 4) is 0 Å². The van der Waals surface area contributed by atoms with E-state index in [-0.39, 0.29) is 0 Å². The van der Waals surface area contributed by atoms with E-state index in [9.17, 15) is 0 Å². The molecule has 1 fully saturated rings. The molecule has 4 heteroatoms. The van der Waals surface area contributed by atoms with Gasteiger partial charge in [0.25, 0.3) is 0 Å². The van der Waals surface area contributed by atoms with Gasteiger partial charge >= 0.3 is 0 Å². The molecule has 0 aliphatic heterocycles. The number of halogens is 1. The third-order valence-corrected chi connectivity index (χ3v) is 3.21. The maximum atomic E-state index is 5.96. The van der Waals surface area contributed by atoms with E-state index in [1.807, 2.05) is 0 Å². The number of aromatic nitrogens is 2. The lowest BCUT2D eigenvalue weighted by molar-refractivity contribution is 0.609. The van der Waals surface area contributed by atoms with Crippen LogP contribution >= 0.6 is 11.6 Å². The molecule has 0 spiro atoms. The van der Waals surface area contributed by atoms with Crippen molar-refractivity contribution in [3.05, 3.63) is 17.0 Å². The fourth-order valence-electron chi connectivity index (χ4n) is 1.58. The van der Waals surface area contributed by atoms with Crippen LogP contribution < -0.4 is 5.32 Å². The Labute approximate surface area is 102 Å². The summed E-state index contributed by atoms with van der Waals surface area (Å²) in [7, 11) is 0. The molecule has 1 aliphatic carbocycles. The van der Waals surface area contributed by atoms with Gasteiger partial charge in [-0.25, -0.2) is 9.97 Å². The van der Waals surface area contributed by atoms with Gasteiger partial charge in [0.15, 0.2) is 0 Å². The lowest BCUT2D eigenvalue weighted by atomic mass is 10.1. The zero-order chi connectivity index (χ0) is 11.6. The number of nitrogens with zero attached hydrogens (tertiary/aromatic N) is 2. The summed E-state index contributed by atoms with van der Waals surface area (Å²) in [4.78, 5) is 8.65. The van der Waals surface area contributed by atoms with Crippen molar-refractivity contribution in [3.63, 3.8) is 0 Å². The molecule has 0 amide bonds. The Kier molecular flexibility index (Phi) is 3.33. The highest BCUT2D eigenvalue weighted by Gasteiger charge is 2.36. The molecule has 0 unspecified atom stereocenters. The zero-order valence-corrected chi connectivity index (χ0v) is 10.6. The summed E-state index contributed by atoms with van der Waals surface area (Å²) in [5, 5.41) is 3.88. The van der Waals surface area contributed by atoms with Gasteiger partial charge < -0.3 is 5.32 Å². The molecule has 1 aromatic rings. The van der Waals surface area contributed by atoms with E-state index < -0.39 is 0 Å². The van der Waals surface area contributed by atoms with Gasteiger partial charge in [0.2, 0.25) is 0 Å². The number of nitrogens with one attached hydrogen (secondary N) is 1. The first-order valence-electron chi connectivity index (χ1n) is 5.89. The van der Waals surface area contributed by atoms with Crippen LogP contribution in [-0.2, 0) is 6.42 Å². The Morgan fingerprint density at radius 1 is 1.44 bits per heavy atom. The largest absolute Gasteiger partial charge is 0.369 e. The second kappa shape index (κ2) is 4.58. The predicted molar refractivity (Wildman–Crippen MR) is 66.9 cm³/mol. The molecule has 1 saturated carbocycles. The fraction of sp³-hybridized carbons (Fsp3) is 0.667. The third-order valence-electron chi connectivity index (χ3n) is 3.01. The molecule has 1 aromatic heterocycles. The molecular weight excluding hydrogens is 222 g/mol. The molecule has 1 aliphatic rings. The molecular formula is C12H18ClN3. The quantitative estimate of drug-likeness (QED) is 0.802. The van der Waals surface area contributed by atoms with Crippen molar-refractivity contribution in [2.24, 2.45) is 5.41 Å². The number of anilines is 1. The summed E-state index contributed by atoms with van der Waals surface area (Å²) in [5.74, 6) is 1.69. The molecule has 3 nitrogen and oxygen atoms in total. The summed E-state index contributed by atoms with van der Waals surface area (Å²) < 4.78 is 0. The topological polar surface area (TPSA) is 37.8 Å². The average Bonchev–Trinajstić information content (AvgIpc) is 2.94. The van der Waals surface area contributed by atoms with Crippen molar-refractivity contribution >= 4 is 17.4 Å². The van der Waals surface area contributed by atoms with Crippen molar-refractivity contribution in [1.82, 2.24) is 9.97 Å². The van der Waals surface area contributed by atoms with Gasteiger partial charge in [-0.3, -0.25) is 0 Å². The van der Waals surface area contributed by atoms with Crippen LogP contribution in [0.15, 0.2) is 6.07 Å². The highest BCUT2D eigenvalue weighted by molar-refractivity contribution is 6.29. The van der Waals surface area contributed by atoms with E-state index in [1.165, 1.54) is 12.8 Å². The normalized spacial score (nSPS) is 17.2. The minimum Gasteiger partial charge on any atom is -0.369 e. The highest BCUT2D eigenvalue weighted by atomic mass is 35.5. The van der Waals surface area contributed by atoms with E-state index in [2.05, 4.69) is 29.1 Å². The maximum Gasteiger partial charge on any atom is 0.134 e. The van der Waals surface area contributed by atoms with Crippen LogP contribution in [0.25, 0.3) is 0 Å². The summed E-state index contributed by atoms with van der Waals surface area (Å²) in [5.41, 5.74) is 0.475. The van der Waals surface area contributed by atoms with Gasteiger partial charge in [-0.15, -0.1) is 0 Å². The van der Waals surface area contributed by atoms with Gasteiger partial charge in [0, 0.05) is 19.0 Å². The minimum absolute atomic E-state index is 0.475. The molecule has 0 atom stereocenters. The minimum atomic E-state index is 0.475. The SMILES string of the molecule is CCCc1nc(Cl)cc(NCC2(C)CC2)n1. The van der Waals surface area contributed by atoms with Gasteiger partial charge in [-0.2, -0.15) is 0 Å². The molecule has 2 rings (SSSR count). The molecule has 0 aromatic carbocycles. The average molecular weight is 240 g/mol. The standard InChI is InChI=1S/C12H18ClN3/c1-3-4-10-15-9(13)7-11(16-10)14-8-12(2)5-6-12/h7H,3-6,8H2,1-2H3,(H,14,15,16). The first kappa shape index (κ1) is 11.6. The predicted octanol–water partition coefficient (Wildman–Crippen LogP) is 3.29. The fourth-order valence-corrected chi connectivity index (χ4v) is 1.79. The number of aryl methyl sites for hydroxylation is 1. The molecule has 1 heterocycles. The molecule has 16 heavy (non-hydrogen) atoms. The van der Waals surface area contributed by atoms with Gasteiger partial charge in [-0.05, 0) is 24.7 Å². The van der Waals surface area contributed by atoms with Crippen LogP contribution in [0.3, 0.4) is 0 Å². The van der Waals surface area contributed by atoms with Crippen LogP contribution in [0.1, 0.15) is 38.9 Å². The van der Waals surface area contributed by atoms with Gasteiger partial charge in [-0.1, -0.05) is 25.4 Å². The van der Waals surface area contributed by atoms with Crippen molar-refractivity contribution < 1.29 is 0 Å². The summed E-state index contributed by atoms with van der Waals surface area (Å²) in [6.45, 7) is 5.38. The first-order chi connectivity index (χ1) is 7.61. The number of rotatable bonds is 5. The third kappa shape index (κ3) is 3.08. The maximum absolute atomic E-state index is 5.96. The van der Waals surface area contributed by atoms with Crippen molar-refractivity contribution in [2.45, 2.75) is 39.5 Å². The Hall–Kier alpha value is -0.830. The van der Waals surface area contributed by atoms with Crippen LogP contribution in [0.2, 0.25) is 5.15 Å². The van der Waals surface area contributed by atoms with E-state index in [0.29, 0.717) is 10.6 Å². The first-order valence-corrected chi connectivity index (χ1v) is 6.26. The van der Waals surface area contributed by atoms with E-state index in [1.54, 1.807) is 6.07 Å². The summed E-state index contributed by atoms with van der Waals surface area (Å²) >= 11 is 5.96. The van der Waals surface area contributed by atoms with Crippen molar-refractivity contribution in [1.29, 1.82) is 0 Å². The zero-order valence-electron chi connectivity index (χ0n) is 9.89. The van der Waals surface area contributed by atoms with E-state index in [0.717, 1.165) is 31.0 Å². The molecule has 0 radical (unpaired) electrons. The lowest BCUT2D eigenvalue weighted by Crippen LogP contribution is -2.13.